The molecule has 0 aliphatic heterocycles. The van der Waals surface area contributed by atoms with Gasteiger partial charge in [0.1, 0.15) is 11.6 Å². The minimum atomic E-state index is -0.277. The number of amides is 2. The molecule has 0 unspecified atom stereocenters. The van der Waals surface area contributed by atoms with Crippen molar-refractivity contribution in [3.63, 3.8) is 0 Å². The lowest BCUT2D eigenvalue weighted by Gasteiger charge is -2.09. The van der Waals surface area contributed by atoms with Crippen LogP contribution in [0.1, 0.15) is 11.3 Å². The first-order chi connectivity index (χ1) is 10.7. The molecule has 6 nitrogen and oxygen atoms in total. The lowest BCUT2D eigenvalue weighted by atomic mass is 10.2. The Bertz CT molecular complexity index is 636. The van der Waals surface area contributed by atoms with Crippen LogP contribution in [0.2, 0.25) is 5.02 Å². The third-order valence-corrected chi connectivity index (χ3v) is 3.17. The van der Waals surface area contributed by atoms with Crippen molar-refractivity contribution >= 4 is 17.6 Å². The highest BCUT2D eigenvalue weighted by Gasteiger charge is 2.04. The second kappa shape index (κ2) is 8.19. The van der Waals surface area contributed by atoms with Crippen LogP contribution in [0.3, 0.4) is 0 Å². The molecule has 0 fully saturated rings. The Morgan fingerprint density at radius 3 is 2.77 bits per heavy atom. The molecule has 0 aliphatic rings. The lowest BCUT2D eigenvalue weighted by Crippen LogP contribution is -2.37. The van der Waals surface area contributed by atoms with E-state index in [0.29, 0.717) is 24.0 Å². The Morgan fingerprint density at radius 2 is 2.00 bits per heavy atom. The van der Waals surface area contributed by atoms with Crippen LogP contribution in [0.5, 0.6) is 5.88 Å². The SMILES string of the molecule is Cc1cccnc1CNC(=O)NCCOc1ncccc1Cl. The Morgan fingerprint density at radius 1 is 1.23 bits per heavy atom. The summed E-state index contributed by atoms with van der Waals surface area (Å²) in [4.78, 5) is 19.9. The zero-order valence-corrected chi connectivity index (χ0v) is 12.9. The quantitative estimate of drug-likeness (QED) is 0.801. The molecule has 2 N–H and O–H groups in total. The maximum absolute atomic E-state index is 11.7. The predicted octanol–water partition coefficient (Wildman–Crippen LogP) is 2.32. The van der Waals surface area contributed by atoms with E-state index in [2.05, 4.69) is 20.6 Å². The fourth-order valence-corrected chi connectivity index (χ4v) is 1.90. The minimum absolute atomic E-state index is 0.277. The molecule has 7 heteroatoms. The molecular formula is C15H17ClN4O2. The van der Waals surface area contributed by atoms with Gasteiger partial charge in [-0.15, -0.1) is 0 Å². The molecule has 0 aliphatic carbocycles. The van der Waals surface area contributed by atoms with E-state index in [1.807, 2.05) is 19.1 Å². The van der Waals surface area contributed by atoms with E-state index in [0.717, 1.165) is 11.3 Å². The second-order valence-electron chi connectivity index (χ2n) is 4.52. The van der Waals surface area contributed by atoms with Crippen LogP contribution in [-0.2, 0) is 6.54 Å². The average Bonchev–Trinajstić information content (AvgIpc) is 2.52. The van der Waals surface area contributed by atoms with Crippen LogP contribution in [0.25, 0.3) is 0 Å². The number of carbonyl (C=O) groups excluding carboxylic acids is 1. The molecule has 0 aromatic carbocycles. The van der Waals surface area contributed by atoms with Crippen molar-refractivity contribution in [3.05, 3.63) is 52.9 Å². The summed E-state index contributed by atoms with van der Waals surface area (Å²) in [6.45, 7) is 2.96. The number of aromatic nitrogens is 2. The highest BCUT2D eigenvalue weighted by molar-refractivity contribution is 6.31. The molecule has 0 saturated heterocycles. The van der Waals surface area contributed by atoms with Crippen molar-refractivity contribution in [2.75, 3.05) is 13.2 Å². The Labute approximate surface area is 133 Å². The van der Waals surface area contributed by atoms with Crippen molar-refractivity contribution in [1.82, 2.24) is 20.6 Å². The summed E-state index contributed by atoms with van der Waals surface area (Å²) in [5.41, 5.74) is 1.88. The van der Waals surface area contributed by atoms with Gasteiger partial charge in [0.2, 0.25) is 5.88 Å². The van der Waals surface area contributed by atoms with E-state index in [1.165, 1.54) is 0 Å². The monoisotopic (exact) mass is 320 g/mol. The smallest absolute Gasteiger partial charge is 0.315 e. The number of rotatable bonds is 6. The van der Waals surface area contributed by atoms with Crippen LogP contribution >= 0.6 is 11.6 Å². The first kappa shape index (κ1) is 16.0. The molecule has 116 valence electrons. The lowest BCUT2D eigenvalue weighted by molar-refractivity contribution is 0.235. The minimum Gasteiger partial charge on any atom is -0.475 e. The van der Waals surface area contributed by atoms with Gasteiger partial charge >= 0.3 is 6.03 Å². The maximum atomic E-state index is 11.7. The molecule has 0 spiro atoms. The zero-order chi connectivity index (χ0) is 15.8. The summed E-state index contributed by atoms with van der Waals surface area (Å²) in [6.07, 6.45) is 3.29. The fourth-order valence-electron chi connectivity index (χ4n) is 1.72. The van der Waals surface area contributed by atoms with Crippen LogP contribution in [0.15, 0.2) is 36.7 Å². The molecule has 0 bridgehead atoms. The van der Waals surface area contributed by atoms with Crippen LogP contribution in [0, 0.1) is 6.92 Å². The Kier molecular flexibility index (Phi) is 5.97. The van der Waals surface area contributed by atoms with Gasteiger partial charge in [0.25, 0.3) is 0 Å². The van der Waals surface area contributed by atoms with Gasteiger partial charge in [-0.05, 0) is 30.7 Å². The van der Waals surface area contributed by atoms with E-state index in [4.69, 9.17) is 16.3 Å². The summed E-state index contributed by atoms with van der Waals surface area (Å²) in [7, 11) is 0. The topological polar surface area (TPSA) is 76.1 Å². The molecule has 2 amide bonds. The summed E-state index contributed by atoms with van der Waals surface area (Å²) in [5.74, 6) is 0.357. The fraction of sp³-hybridized carbons (Fsp3) is 0.267. The standard InChI is InChI=1S/C15H17ClN4O2/c1-11-4-2-6-17-13(11)10-20-15(21)19-8-9-22-14-12(16)5-3-7-18-14/h2-7H,8-10H2,1H3,(H2,19,20,21). The molecule has 0 atom stereocenters. The largest absolute Gasteiger partial charge is 0.475 e. The van der Waals surface area contributed by atoms with Crippen molar-refractivity contribution in [2.45, 2.75) is 13.5 Å². The van der Waals surface area contributed by atoms with Gasteiger partial charge in [-0.3, -0.25) is 4.98 Å². The molecule has 0 radical (unpaired) electrons. The van der Waals surface area contributed by atoms with Crippen molar-refractivity contribution in [3.8, 4) is 5.88 Å². The van der Waals surface area contributed by atoms with Crippen molar-refractivity contribution in [2.24, 2.45) is 0 Å². The summed E-state index contributed by atoms with van der Waals surface area (Å²) in [5, 5.41) is 5.87. The Balaban J connectivity index is 1.66. The normalized spacial score (nSPS) is 10.1. The summed E-state index contributed by atoms with van der Waals surface area (Å²) >= 11 is 5.90. The van der Waals surface area contributed by atoms with Crippen LogP contribution in [0.4, 0.5) is 4.79 Å². The van der Waals surface area contributed by atoms with Crippen LogP contribution < -0.4 is 15.4 Å². The number of halogens is 1. The zero-order valence-electron chi connectivity index (χ0n) is 12.2. The number of pyridine rings is 2. The highest BCUT2D eigenvalue weighted by Crippen LogP contribution is 2.19. The third kappa shape index (κ3) is 4.89. The molecule has 2 aromatic heterocycles. The average molecular weight is 321 g/mol. The van der Waals surface area contributed by atoms with E-state index < -0.39 is 0 Å². The van der Waals surface area contributed by atoms with Gasteiger partial charge < -0.3 is 15.4 Å². The van der Waals surface area contributed by atoms with Crippen molar-refractivity contribution in [1.29, 1.82) is 0 Å². The number of hydrogen-bond donors (Lipinski definition) is 2. The third-order valence-electron chi connectivity index (χ3n) is 2.89. The number of nitrogens with zero attached hydrogens (tertiary/aromatic N) is 2. The first-order valence-electron chi connectivity index (χ1n) is 6.82. The molecule has 2 heterocycles. The van der Waals surface area contributed by atoms with E-state index in [-0.39, 0.29) is 12.6 Å². The summed E-state index contributed by atoms with van der Waals surface area (Å²) in [6, 6.07) is 6.95. The van der Waals surface area contributed by atoms with E-state index >= 15 is 0 Å². The molecular weight excluding hydrogens is 304 g/mol. The van der Waals surface area contributed by atoms with E-state index in [9.17, 15) is 4.79 Å². The number of nitrogens with one attached hydrogen (secondary N) is 2. The van der Waals surface area contributed by atoms with Gasteiger partial charge in [-0.2, -0.15) is 0 Å². The summed E-state index contributed by atoms with van der Waals surface area (Å²) < 4.78 is 5.37. The number of carbonyl (C=O) groups is 1. The molecule has 2 rings (SSSR count). The second-order valence-corrected chi connectivity index (χ2v) is 4.92. The van der Waals surface area contributed by atoms with Gasteiger partial charge in [0.05, 0.1) is 18.8 Å². The Hall–Kier alpha value is -2.34. The molecule has 0 saturated carbocycles. The highest BCUT2D eigenvalue weighted by atomic mass is 35.5. The maximum Gasteiger partial charge on any atom is 0.315 e. The van der Waals surface area contributed by atoms with Gasteiger partial charge in [-0.25, -0.2) is 9.78 Å². The molecule has 2 aromatic rings. The van der Waals surface area contributed by atoms with Crippen LogP contribution in [-0.4, -0.2) is 29.2 Å². The number of urea groups is 1. The predicted molar refractivity (Wildman–Crippen MR) is 84.0 cm³/mol. The molecule has 22 heavy (non-hydrogen) atoms. The van der Waals surface area contributed by atoms with Gasteiger partial charge in [0, 0.05) is 12.4 Å². The van der Waals surface area contributed by atoms with Gasteiger partial charge in [-0.1, -0.05) is 17.7 Å². The first-order valence-corrected chi connectivity index (χ1v) is 7.20. The number of ether oxygens (including phenoxy) is 1. The number of aryl methyl sites for hydroxylation is 1. The van der Waals surface area contributed by atoms with Gasteiger partial charge in [0.15, 0.2) is 0 Å². The van der Waals surface area contributed by atoms with Crippen molar-refractivity contribution < 1.29 is 9.53 Å². The number of hydrogen-bond acceptors (Lipinski definition) is 4. The van der Waals surface area contributed by atoms with E-state index in [1.54, 1.807) is 24.5 Å².